The van der Waals surface area contributed by atoms with Gasteiger partial charge in [0.1, 0.15) is 5.75 Å². The lowest BCUT2D eigenvalue weighted by Crippen LogP contribution is -2.30. The highest BCUT2D eigenvalue weighted by Gasteiger charge is 2.18. The van der Waals surface area contributed by atoms with Crippen molar-refractivity contribution in [2.45, 2.75) is 32.8 Å². The second kappa shape index (κ2) is 8.43. The summed E-state index contributed by atoms with van der Waals surface area (Å²) in [5.74, 6) is 0.646. The molecular formula is C20H26N2O4S. The molecule has 2 aromatic rings. The molecule has 0 bridgehead atoms. The minimum atomic E-state index is -3.38. The number of amides is 1. The van der Waals surface area contributed by atoms with Gasteiger partial charge in [-0.05, 0) is 42.7 Å². The maximum absolute atomic E-state index is 12.5. The first-order valence-corrected chi connectivity index (χ1v) is 10.5. The van der Waals surface area contributed by atoms with Crippen molar-refractivity contribution in [3.8, 4) is 5.75 Å². The number of nitrogens with one attached hydrogen (secondary N) is 1. The molecule has 0 fully saturated rings. The largest absolute Gasteiger partial charge is 0.481 e. The summed E-state index contributed by atoms with van der Waals surface area (Å²) in [5.41, 5.74) is 2.00. The van der Waals surface area contributed by atoms with E-state index >= 15 is 0 Å². The van der Waals surface area contributed by atoms with E-state index in [1.807, 2.05) is 24.3 Å². The van der Waals surface area contributed by atoms with E-state index in [1.165, 1.54) is 7.05 Å². The lowest BCUT2D eigenvalue weighted by molar-refractivity contribution is -0.122. The van der Waals surface area contributed by atoms with Gasteiger partial charge >= 0.3 is 0 Å². The van der Waals surface area contributed by atoms with Crippen LogP contribution in [-0.2, 0) is 14.8 Å². The van der Waals surface area contributed by atoms with E-state index in [4.69, 9.17) is 4.74 Å². The van der Waals surface area contributed by atoms with Crippen LogP contribution in [0, 0.1) is 0 Å². The Kier molecular flexibility index (Phi) is 6.49. The monoisotopic (exact) mass is 390 g/mol. The molecule has 0 aliphatic rings. The molecule has 0 aliphatic heterocycles. The summed E-state index contributed by atoms with van der Waals surface area (Å²) in [4.78, 5) is 12.5. The molecule has 27 heavy (non-hydrogen) atoms. The quantitative estimate of drug-likeness (QED) is 0.784. The van der Waals surface area contributed by atoms with Crippen LogP contribution in [0.15, 0.2) is 48.5 Å². The maximum atomic E-state index is 12.5. The summed E-state index contributed by atoms with van der Waals surface area (Å²) in [6.07, 6.45) is 0.418. The summed E-state index contributed by atoms with van der Waals surface area (Å²) in [6.45, 7) is 5.81. The summed E-state index contributed by atoms with van der Waals surface area (Å²) in [7, 11) is -1.91. The molecule has 146 valence electrons. The summed E-state index contributed by atoms with van der Waals surface area (Å²) >= 11 is 0. The third-order valence-corrected chi connectivity index (χ3v) is 5.39. The Hall–Kier alpha value is -2.54. The zero-order valence-corrected chi connectivity index (χ0v) is 17.1. The Bertz CT molecular complexity index is 910. The van der Waals surface area contributed by atoms with Gasteiger partial charge in [0.05, 0.1) is 11.9 Å². The smallest absolute Gasteiger partial charge is 0.265 e. The molecular weight excluding hydrogens is 364 g/mol. The lowest BCUT2D eigenvalue weighted by atomic mass is 10.0. The van der Waals surface area contributed by atoms with Gasteiger partial charge in [-0.15, -0.1) is 0 Å². The molecule has 0 aromatic heterocycles. The molecule has 1 atom stereocenters. The van der Waals surface area contributed by atoms with Gasteiger partial charge in [0.15, 0.2) is 6.10 Å². The predicted octanol–water partition coefficient (Wildman–Crippen LogP) is 3.61. The highest BCUT2D eigenvalue weighted by atomic mass is 32.2. The maximum Gasteiger partial charge on any atom is 0.265 e. The summed E-state index contributed by atoms with van der Waals surface area (Å²) in [5, 5.41) is 2.77. The van der Waals surface area contributed by atoms with Gasteiger partial charge in [0, 0.05) is 12.7 Å². The SMILES string of the molecule is CC(Oc1ccccc1C(C)C)C(=O)Nc1cccc(N(C)S(C)(=O)=O)c1. The van der Waals surface area contributed by atoms with Crippen molar-refractivity contribution < 1.29 is 17.9 Å². The van der Waals surface area contributed by atoms with E-state index in [0.29, 0.717) is 17.1 Å². The molecule has 2 rings (SSSR count). The van der Waals surface area contributed by atoms with Crippen molar-refractivity contribution in [2.75, 3.05) is 22.9 Å². The van der Waals surface area contributed by atoms with E-state index < -0.39 is 16.1 Å². The molecule has 1 unspecified atom stereocenters. The normalized spacial score (nSPS) is 12.5. The third-order valence-electron chi connectivity index (χ3n) is 4.19. The predicted molar refractivity (Wildman–Crippen MR) is 109 cm³/mol. The van der Waals surface area contributed by atoms with Crippen molar-refractivity contribution in [2.24, 2.45) is 0 Å². The van der Waals surface area contributed by atoms with Crippen LogP contribution in [0.4, 0.5) is 11.4 Å². The Morgan fingerprint density at radius 1 is 1.07 bits per heavy atom. The van der Waals surface area contributed by atoms with Crippen LogP contribution in [0.25, 0.3) is 0 Å². The average Bonchev–Trinajstić information content (AvgIpc) is 2.60. The Morgan fingerprint density at radius 3 is 2.37 bits per heavy atom. The minimum absolute atomic E-state index is 0.277. The van der Waals surface area contributed by atoms with E-state index in [2.05, 4.69) is 19.2 Å². The van der Waals surface area contributed by atoms with Gasteiger partial charge < -0.3 is 10.1 Å². The fraction of sp³-hybridized carbons (Fsp3) is 0.350. The fourth-order valence-electron chi connectivity index (χ4n) is 2.52. The molecule has 1 amide bonds. The molecule has 6 nitrogen and oxygen atoms in total. The van der Waals surface area contributed by atoms with Gasteiger partial charge in [-0.3, -0.25) is 9.10 Å². The number of nitrogens with zero attached hydrogens (tertiary/aromatic N) is 1. The number of para-hydroxylation sites is 1. The van der Waals surface area contributed by atoms with Gasteiger partial charge in [-0.25, -0.2) is 8.42 Å². The molecule has 2 aromatic carbocycles. The van der Waals surface area contributed by atoms with Crippen LogP contribution in [0.3, 0.4) is 0 Å². The van der Waals surface area contributed by atoms with E-state index in [0.717, 1.165) is 16.1 Å². The second-order valence-corrected chi connectivity index (χ2v) is 8.74. The second-order valence-electron chi connectivity index (χ2n) is 6.72. The summed E-state index contributed by atoms with van der Waals surface area (Å²) in [6, 6.07) is 14.3. The van der Waals surface area contributed by atoms with Crippen molar-refractivity contribution in [3.63, 3.8) is 0 Å². The molecule has 1 N–H and O–H groups in total. The molecule has 7 heteroatoms. The Balaban J connectivity index is 2.11. The first-order valence-electron chi connectivity index (χ1n) is 8.70. The zero-order valence-electron chi connectivity index (χ0n) is 16.3. The molecule has 0 spiro atoms. The molecule has 0 radical (unpaired) electrons. The number of ether oxygens (including phenoxy) is 1. The van der Waals surface area contributed by atoms with Gasteiger partial charge in [0.25, 0.3) is 5.91 Å². The van der Waals surface area contributed by atoms with Crippen molar-refractivity contribution in [1.29, 1.82) is 0 Å². The lowest BCUT2D eigenvalue weighted by Gasteiger charge is -2.20. The van der Waals surface area contributed by atoms with Crippen molar-refractivity contribution in [3.05, 3.63) is 54.1 Å². The number of hydrogen-bond donors (Lipinski definition) is 1. The van der Waals surface area contributed by atoms with Crippen LogP contribution in [0.2, 0.25) is 0 Å². The fourth-order valence-corrected chi connectivity index (χ4v) is 3.02. The molecule has 0 saturated carbocycles. The van der Waals surface area contributed by atoms with Gasteiger partial charge in [-0.1, -0.05) is 38.1 Å². The highest BCUT2D eigenvalue weighted by molar-refractivity contribution is 7.92. The standard InChI is InChI=1S/C20H26N2O4S/c1-14(2)18-11-6-7-12-19(18)26-15(3)20(23)21-16-9-8-10-17(13-16)22(4)27(5,24)25/h6-15H,1-5H3,(H,21,23). The van der Waals surface area contributed by atoms with Gasteiger partial charge in [-0.2, -0.15) is 0 Å². The minimum Gasteiger partial charge on any atom is -0.481 e. The van der Waals surface area contributed by atoms with E-state index in [9.17, 15) is 13.2 Å². The highest BCUT2D eigenvalue weighted by Crippen LogP contribution is 2.27. The number of carbonyl (C=O) groups excluding carboxylic acids is 1. The van der Waals surface area contributed by atoms with Crippen molar-refractivity contribution >= 4 is 27.3 Å². The van der Waals surface area contributed by atoms with Crippen LogP contribution in [0.1, 0.15) is 32.3 Å². The number of benzene rings is 2. The van der Waals surface area contributed by atoms with Gasteiger partial charge in [0.2, 0.25) is 10.0 Å². The Labute approximate surface area is 161 Å². The van der Waals surface area contributed by atoms with Crippen molar-refractivity contribution in [1.82, 2.24) is 0 Å². The van der Waals surface area contributed by atoms with Crippen LogP contribution in [0.5, 0.6) is 5.75 Å². The molecule has 0 aliphatic carbocycles. The topological polar surface area (TPSA) is 75.7 Å². The first kappa shape index (κ1) is 20.8. The Morgan fingerprint density at radius 2 is 1.74 bits per heavy atom. The van der Waals surface area contributed by atoms with Crippen LogP contribution in [-0.4, -0.2) is 33.7 Å². The first-order chi connectivity index (χ1) is 12.6. The number of anilines is 2. The van der Waals surface area contributed by atoms with E-state index in [1.54, 1.807) is 31.2 Å². The average molecular weight is 391 g/mol. The number of rotatable bonds is 7. The number of hydrogen-bond acceptors (Lipinski definition) is 4. The van der Waals surface area contributed by atoms with Crippen LogP contribution < -0.4 is 14.4 Å². The molecule has 0 heterocycles. The molecule has 0 saturated heterocycles. The third kappa shape index (κ3) is 5.47. The number of carbonyl (C=O) groups is 1. The zero-order chi connectivity index (χ0) is 20.2. The van der Waals surface area contributed by atoms with E-state index in [-0.39, 0.29) is 11.8 Å². The number of sulfonamides is 1. The van der Waals surface area contributed by atoms with Crippen LogP contribution >= 0.6 is 0 Å². The summed E-state index contributed by atoms with van der Waals surface area (Å²) < 4.78 is 30.4.